The number of halogens is 1. The minimum atomic E-state index is -0.518. The Morgan fingerprint density at radius 3 is 2.33 bits per heavy atom. The van der Waals surface area contributed by atoms with Gasteiger partial charge in [0.1, 0.15) is 6.04 Å². The van der Waals surface area contributed by atoms with Crippen LogP contribution in [-0.4, -0.2) is 10.9 Å². The van der Waals surface area contributed by atoms with Crippen LogP contribution < -0.4 is 0 Å². The van der Waals surface area contributed by atoms with Crippen molar-refractivity contribution in [3.63, 3.8) is 0 Å². The molecule has 0 heterocycles. The van der Waals surface area contributed by atoms with Crippen molar-refractivity contribution in [1.29, 1.82) is 0 Å². The summed E-state index contributed by atoms with van der Waals surface area (Å²) >= 11 is 6.51. The van der Waals surface area contributed by atoms with E-state index in [0.29, 0.717) is 0 Å². The third kappa shape index (κ3) is 4.93. The van der Waals surface area contributed by atoms with Crippen molar-refractivity contribution in [2.75, 3.05) is 0 Å². The van der Waals surface area contributed by atoms with E-state index in [0.717, 1.165) is 38.5 Å². The molecule has 2 nitrogen and oxygen atoms in total. The van der Waals surface area contributed by atoms with Gasteiger partial charge in [-0.1, -0.05) is 28.5 Å². The van der Waals surface area contributed by atoms with Crippen molar-refractivity contribution in [2.45, 2.75) is 70.2 Å². The van der Waals surface area contributed by atoms with Crippen molar-refractivity contribution in [1.82, 2.24) is 0 Å². The highest BCUT2D eigenvalue weighted by molar-refractivity contribution is 6.24. The maximum atomic E-state index is 11.0. The molecule has 18 heavy (non-hydrogen) atoms. The first-order chi connectivity index (χ1) is 8.45. The van der Waals surface area contributed by atoms with Crippen LogP contribution >= 0.6 is 11.6 Å². The Balaban J connectivity index is 2.83. The monoisotopic (exact) mass is 269 g/mol. The summed E-state index contributed by atoms with van der Waals surface area (Å²) in [6.07, 6.45) is 10.2. The number of hydrogen-bond acceptors (Lipinski definition) is 2. The molecule has 1 aliphatic carbocycles. The molecule has 0 saturated heterocycles. The Hall–Kier alpha value is -0.630. The van der Waals surface area contributed by atoms with Gasteiger partial charge in [0.05, 0.1) is 4.87 Å². The average Bonchev–Trinajstić information content (AvgIpc) is 2.31. The maximum absolute atomic E-state index is 11.0. The second-order valence-corrected chi connectivity index (χ2v) is 6.48. The molecule has 0 aromatic heterocycles. The fraction of sp³-hybridized carbons (Fsp3) is 0.733. The van der Waals surface area contributed by atoms with Crippen molar-refractivity contribution >= 4 is 11.6 Å². The number of hydrogen-bond donors (Lipinski definition) is 0. The number of rotatable bonds is 1. The molecule has 0 aliphatic heterocycles. The molecule has 1 aliphatic rings. The first-order valence-electron chi connectivity index (χ1n) is 6.78. The Morgan fingerprint density at radius 2 is 1.78 bits per heavy atom. The lowest BCUT2D eigenvalue weighted by Gasteiger charge is -2.27. The fourth-order valence-corrected chi connectivity index (χ4v) is 2.54. The molecule has 0 amide bonds. The predicted molar refractivity (Wildman–Crippen MR) is 79.1 cm³/mol. The van der Waals surface area contributed by atoms with Gasteiger partial charge in [-0.2, -0.15) is 4.91 Å². The summed E-state index contributed by atoms with van der Waals surface area (Å²) in [6, 6.07) is -0.297. The summed E-state index contributed by atoms with van der Waals surface area (Å²) in [6.45, 7) is 6.20. The average molecular weight is 270 g/mol. The van der Waals surface area contributed by atoms with Crippen LogP contribution in [-0.2, 0) is 0 Å². The second kappa shape index (κ2) is 7.08. The van der Waals surface area contributed by atoms with Crippen LogP contribution in [0.3, 0.4) is 0 Å². The Bertz CT molecular complexity index is 344. The molecular weight excluding hydrogens is 246 g/mol. The van der Waals surface area contributed by atoms with Crippen molar-refractivity contribution in [3.8, 4) is 0 Å². The van der Waals surface area contributed by atoms with E-state index in [1.54, 1.807) is 0 Å². The van der Waals surface area contributed by atoms with Gasteiger partial charge in [-0.25, -0.2) is 0 Å². The fourth-order valence-electron chi connectivity index (χ4n) is 2.30. The second-order valence-electron chi connectivity index (χ2n) is 5.62. The van der Waals surface area contributed by atoms with Crippen molar-refractivity contribution < 1.29 is 0 Å². The third-order valence-electron chi connectivity index (χ3n) is 3.79. The molecule has 102 valence electrons. The summed E-state index contributed by atoms with van der Waals surface area (Å²) in [7, 11) is 0. The molecule has 3 heteroatoms. The van der Waals surface area contributed by atoms with Gasteiger partial charge < -0.3 is 0 Å². The lowest BCUT2D eigenvalue weighted by atomic mass is 9.89. The van der Waals surface area contributed by atoms with E-state index in [1.807, 2.05) is 6.92 Å². The normalized spacial score (nSPS) is 37.4. The SMILES string of the molecule is C/C1=C/CC/C=C(/C)CCC(C)(Cl)C(N=O)CC1. The largest absolute Gasteiger partial charge is 0.150 e. The predicted octanol–water partition coefficient (Wildman–Crippen LogP) is 5.37. The van der Waals surface area contributed by atoms with Gasteiger partial charge in [0.15, 0.2) is 0 Å². The van der Waals surface area contributed by atoms with Gasteiger partial charge in [0.25, 0.3) is 0 Å². The van der Waals surface area contributed by atoms with Crippen LogP contribution in [0.1, 0.15) is 59.3 Å². The molecule has 0 fully saturated rings. The lowest BCUT2D eigenvalue weighted by Crippen LogP contribution is -2.32. The molecule has 0 spiro atoms. The van der Waals surface area contributed by atoms with E-state index in [1.165, 1.54) is 11.1 Å². The van der Waals surface area contributed by atoms with Gasteiger partial charge in [0, 0.05) is 0 Å². The molecule has 0 aromatic carbocycles. The van der Waals surface area contributed by atoms with Crippen molar-refractivity contribution in [2.24, 2.45) is 5.18 Å². The van der Waals surface area contributed by atoms with Crippen LogP contribution in [0.4, 0.5) is 0 Å². The van der Waals surface area contributed by atoms with Crippen LogP contribution in [0.15, 0.2) is 28.5 Å². The van der Waals surface area contributed by atoms with E-state index < -0.39 is 4.87 Å². The molecule has 0 saturated carbocycles. The number of nitrogens with zero attached hydrogens (tertiary/aromatic N) is 1. The molecule has 2 atom stereocenters. The minimum absolute atomic E-state index is 0.297. The molecule has 0 radical (unpaired) electrons. The van der Waals surface area contributed by atoms with E-state index in [9.17, 15) is 4.91 Å². The smallest absolute Gasteiger partial charge is 0.111 e. The zero-order chi connectivity index (χ0) is 13.6. The van der Waals surface area contributed by atoms with Gasteiger partial charge >= 0.3 is 0 Å². The molecular formula is C15H24ClNO. The van der Waals surface area contributed by atoms with Crippen LogP contribution in [0, 0.1) is 4.91 Å². The van der Waals surface area contributed by atoms with Crippen LogP contribution in [0.5, 0.6) is 0 Å². The molecule has 0 N–H and O–H groups in total. The summed E-state index contributed by atoms with van der Waals surface area (Å²) < 4.78 is 0. The van der Waals surface area contributed by atoms with E-state index >= 15 is 0 Å². The quantitative estimate of drug-likeness (QED) is 0.358. The van der Waals surface area contributed by atoms with Gasteiger partial charge in [-0.15, -0.1) is 11.6 Å². The Morgan fingerprint density at radius 1 is 1.22 bits per heavy atom. The summed E-state index contributed by atoms with van der Waals surface area (Å²) in [5.74, 6) is 0. The number of alkyl halides is 1. The van der Waals surface area contributed by atoms with Gasteiger partial charge in [0.2, 0.25) is 0 Å². The van der Waals surface area contributed by atoms with Gasteiger partial charge in [-0.3, -0.25) is 0 Å². The van der Waals surface area contributed by atoms with Crippen LogP contribution in [0.25, 0.3) is 0 Å². The van der Waals surface area contributed by atoms with Gasteiger partial charge in [-0.05, 0) is 59.3 Å². The Kier molecular flexibility index (Phi) is 6.07. The first kappa shape index (κ1) is 15.4. The highest BCUT2D eigenvalue weighted by atomic mass is 35.5. The minimum Gasteiger partial charge on any atom is -0.150 e. The van der Waals surface area contributed by atoms with E-state index in [2.05, 4.69) is 31.2 Å². The van der Waals surface area contributed by atoms with Crippen LogP contribution in [0.2, 0.25) is 0 Å². The zero-order valence-electron chi connectivity index (χ0n) is 11.7. The summed E-state index contributed by atoms with van der Waals surface area (Å²) in [5, 5.41) is 3.26. The van der Waals surface area contributed by atoms with E-state index in [4.69, 9.17) is 11.6 Å². The van der Waals surface area contributed by atoms with Crippen molar-refractivity contribution in [3.05, 3.63) is 28.2 Å². The maximum Gasteiger partial charge on any atom is 0.111 e. The zero-order valence-corrected chi connectivity index (χ0v) is 12.5. The summed E-state index contributed by atoms with van der Waals surface area (Å²) in [4.78, 5) is 10.5. The standard InChI is InChI=1S/C15H24ClNO/c1-12-6-4-5-7-13(2)10-11-15(3,16)14(17-18)9-8-12/h6-7,14H,4-5,8-11H2,1-3H3/b12-6-,13-7-. The first-order valence-corrected chi connectivity index (χ1v) is 7.16. The molecule has 2 unspecified atom stereocenters. The Labute approximate surface area is 115 Å². The lowest BCUT2D eigenvalue weighted by molar-refractivity contribution is 0.437. The highest BCUT2D eigenvalue weighted by Gasteiger charge is 2.32. The van der Waals surface area contributed by atoms with E-state index in [-0.39, 0.29) is 6.04 Å². The summed E-state index contributed by atoms with van der Waals surface area (Å²) in [5.41, 5.74) is 2.70. The molecule has 0 aromatic rings. The molecule has 0 bridgehead atoms. The highest BCUT2D eigenvalue weighted by Crippen LogP contribution is 2.32. The topological polar surface area (TPSA) is 29.4 Å². The number of nitroso groups, excluding NO2 is 1. The number of allylic oxidation sites excluding steroid dienone is 4. The molecule has 1 rings (SSSR count). The third-order valence-corrected chi connectivity index (χ3v) is 4.24.